The number of esters is 1. The van der Waals surface area contributed by atoms with E-state index in [2.05, 4.69) is 15.4 Å². The van der Waals surface area contributed by atoms with Crippen LogP contribution in [0, 0.1) is 10.1 Å². The Morgan fingerprint density at radius 3 is 2.70 bits per heavy atom. The minimum atomic E-state index is -0.491. The SMILES string of the molecule is CCOC(=O)Cn1nnc(-c2ccc([N+](=O)[O-])cc2)n1. The molecule has 0 fully saturated rings. The van der Waals surface area contributed by atoms with Crippen LogP contribution in [0.2, 0.25) is 0 Å². The van der Waals surface area contributed by atoms with Gasteiger partial charge in [-0.1, -0.05) is 0 Å². The van der Waals surface area contributed by atoms with Gasteiger partial charge in [0.1, 0.15) is 0 Å². The number of hydrogen-bond donors (Lipinski definition) is 0. The average Bonchev–Trinajstić information content (AvgIpc) is 2.87. The summed E-state index contributed by atoms with van der Waals surface area (Å²) in [6.45, 7) is 1.85. The van der Waals surface area contributed by atoms with Crippen LogP contribution in [0.3, 0.4) is 0 Å². The summed E-state index contributed by atoms with van der Waals surface area (Å²) in [5.74, 6) is -0.177. The standard InChI is InChI=1S/C11H11N5O4/c1-2-20-10(17)7-15-13-11(12-14-15)8-3-5-9(6-4-8)16(18)19/h3-6H,2,7H2,1H3. The fraction of sp³-hybridized carbons (Fsp3) is 0.273. The van der Waals surface area contributed by atoms with Gasteiger partial charge in [-0.15, -0.1) is 10.2 Å². The summed E-state index contributed by atoms with van der Waals surface area (Å²) in [5.41, 5.74) is 0.554. The third-order valence-electron chi connectivity index (χ3n) is 2.37. The molecule has 0 radical (unpaired) electrons. The van der Waals surface area contributed by atoms with Crippen molar-refractivity contribution in [1.82, 2.24) is 20.2 Å². The second-order valence-corrected chi connectivity index (χ2v) is 3.75. The largest absolute Gasteiger partial charge is 0.465 e. The lowest BCUT2D eigenvalue weighted by molar-refractivity contribution is -0.384. The van der Waals surface area contributed by atoms with Crippen LogP contribution >= 0.6 is 0 Å². The number of benzene rings is 1. The van der Waals surface area contributed by atoms with Crippen molar-refractivity contribution in [2.45, 2.75) is 13.5 Å². The molecule has 2 rings (SSSR count). The van der Waals surface area contributed by atoms with Crippen LogP contribution in [0.25, 0.3) is 11.4 Å². The molecule has 2 aromatic rings. The molecule has 9 nitrogen and oxygen atoms in total. The fourth-order valence-electron chi connectivity index (χ4n) is 1.48. The Hall–Kier alpha value is -2.84. The van der Waals surface area contributed by atoms with Crippen LogP contribution in [0.15, 0.2) is 24.3 Å². The van der Waals surface area contributed by atoms with Crippen LogP contribution in [-0.4, -0.2) is 37.7 Å². The number of tetrazole rings is 1. The third-order valence-corrected chi connectivity index (χ3v) is 2.37. The number of nitrogens with zero attached hydrogens (tertiary/aromatic N) is 5. The molecule has 104 valence electrons. The Morgan fingerprint density at radius 1 is 1.40 bits per heavy atom. The number of hydrogen-bond acceptors (Lipinski definition) is 7. The van der Waals surface area contributed by atoms with Crippen LogP contribution in [0.5, 0.6) is 0 Å². The van der Waals surface area contributed by atoms with Crippen molar-refractivity contribution < 1.29 is 14.5 Å². The van der Waals surface area contributed by atoms with Crippen molar-refractivity contribution in [3.8, 4) is 11.4 Å². The lowest BCUT2D eigenvalue weighted by Crippen LogP contribution is -2.15. The molecular weight excluding hydrogens is 266 g/mol. The summed E-state index contributed by atoms with van der Waals surface area (Å²) in [5, 5.41) is 22.0. The van der Waals surface area contributed by atoms with Gasteiger partial charge in [-0.05, 0) is 24.3 Å². The zero-order chi connectivity index (χ0) is 14.5. The summed E-state index contributed by atoms with van der Waals surface area (Å²) < 4.78 is 4.76. The molecule has 0 spiro atoms. The van der Waals surface area contributed by atoms with Crippen molar-refractivity contribution >= 4 is 11.7 Å². The molecule has 0 aliphatic carbocycles. The number of non-ortho nitro benzene ring substituents is 1. The monoisotopic (exact) mass is 277 g/mol. The highest BCUT2D eigenvalue weighted by Crippen LogP contribution is 2.18. The van der Waals surface area contributed by atoms with Crippen molar-refractivity contribution in [1.29, 1.82) is 0 Å². The Labute approximate surface area is 113 Å². The minimum absolute atomic E-state index is 0.0207. The number of ether oxygens (including phenoxy) is 1. The van der Waals surface area contributed by atoms with Crippen LogP contribution < -0.4 is 0 Å². The molecule has 0 N–H and O–H groups in total. The van der Waals surface area contributed by atoms with E-state index in [0.29, 0.717) is 5.56 Å². The van der Waals surface area contributed by atoms with Crippen LogP contribution in [-0.2, 0) is 16.1 Å². The first-order chi connectivity index (χ1) is 9.60. The lowest BCUT2D eigenvalue weighted by Gasteiger charge is -1.98. The van der Waals surface area contributed by atoms with E-state index in [1.807, 2.05) is 0 Å². The van der Waals surface area contributed by atoms with Gasteiger partial charge in [0.15, 0.2) is 6.54 Å². The van der Waals surface area contributed by atoms with E-state index in [4.69, 9.17) is 4.74 Å². The molecular formula is C11H11N5O4. The Kier molecular flexibility index (Phi) is 3.99. The van der Waals surface area contributed by atoms with Gasteiger partial charge in [0.2, 0.25) is 5.82 Å². The van der Waals surface area contributed by atoms with Crippen LogP contribution in [0.4, 0.5) is 5.69 Å². The summed E-state index contributed by atoms with van der Waals surface area (Å²) in [6, 6.07) is 5.73. The second kappa shape index (κ2) is 5.87. The van der Waals surface area contributed by atoms with Gasteiger partial charge in [-0.3, -0.25) is 10.1 Å². The minimum Gasteiger partial charge on any atom is -0.465 e. The first-order valence-electron chi connectivity index (χ1n) is 5.78. The maximum atomic E-state index is 11.3. The molecule has 1 heterocycles. The molecule has 0 saturated carbocycles. The van der Waals surface area contributed by atoms with Gasteiger partial charge in [0, 0.05) is 17.7 Å². The first kappa shape index (κ1) is 13.6. The molecule has 0 atom stereocenters. The highest BCUT2D eigenvalue weighted by Gasteiger charge is 2.11. The van der Waals surface area contributed by atoms with E-state index in [-0.39, 0.29) is 24.7 Å². The molecule has 0 unspecified atom stereocenters. The van der Waals surface area contributed by atoms with Gasteiger partial charge < -0.3 is 4.74 Å². The van der Waals surface area contributed by atoms with Gasteiger partial charge >= 0.3 is 5.97 Å². The number of carbonyl (C=O) groups excluding carboxylic acids is 1. The molecule has 9 heteroatoms. The van der Waals surface area contributed by atoms with Crippen molar-refractivity contribution in [3.05, 3.63) is 34.4 Å². The third kappa shape index (κ3) is 3.13. The normalized spacial score (nSPS) is 10.2. The zero-order valence-electron chi connectivity index (χ0n) is 10.6. The Morgan fingerprint density at radius 2 is 2.10 bits per heavy atom. The van der Waals surface area contributed by atoms with E-state index in [1.54, 1.807) is 6.92 Å². The number of nitro benzene ring substituents is 1. The molecule has 0 aliphatic rings. The summed E-state index contributed by atoms with van der Waals surface area (Å²) in [6.07, 6.45) is 0. The summed E-state index contributed by atoms with van der Waals surface area (Å²) >= 11 is 0. The summed E-state index contributed by atoms with van der Waals surface area (Å²) in [4.78, 5) is 22.4. The van der Waals surface area contributed by atoms with Crippen molar-refractivity contribution in [2.24, 2.45) is 0 Å². The lowest BCUT2D eigenvalue weighted by atomic mass is 10.2. The summed E-state index contributed by atoms with van der Waals surface area (Å²) in [7, 11) is 0. The molecule has 1 aromatic carbocycles. The fourth-order valence-corrected chi connectivity index (χ4v) is 1.48. The Bertz CT molecular complexity index is 622. The number of carbonyl (C=O) groups is 1. The molecule has 0 saturated heterocycles. The predicted octanol–water partition coefficient (Wildman–Crippen LogP) is 0.811. The van der Waals surface area contributed by atoms with Crippen LogP contribution in [0.1, 0.15) is 6.92 Å². The molecule has 0 aliphatic heterocycles. The first-order valence-corrected chi connectivity index (χ1v) is 5.78. The second-order valence-electron chi connectivity index (χ2n) is 3.75. The van der Waals surface area contributed by atoms with Gasteiger partial charge in [-0.2, -0.15) is 4.80 Å². The highest BCUT2D eigenvalue weighted by atomic mass is 16.6. The van der Waals surface area contributed by atoms with E-state index in [0.717, 1.165) is 4.80 Å². The zero-order valence-corrected chi connectivity index (χ0v) is 10.6. The Balaban J connectivity index is 2.12. The predicted molar refractivity (Wildman–Crippen MR) is 66.5 cm³/mol. The van der Waals surface area contributed by atoms with Gasteiger partial charge in [0.05, 0.1) is 11.5 Å². The van der Waals surface area contributed by atoms with Gasteiger partial charge in [0.25, 0.3) is 5.69 Å². The van der Waals surface area contributed by atoms with E-state index in [9.17, 15) is 14.9 Å². The van der Waals surface area contributed by atoms with Gasteiger partial charge in [-0.25, -0.2) is 4.79 Å². The maximum absolute atomic E-state index is 11.3. The highest BCUT2D eigenvalue weighted by molar-refractivity contribution is 5.68. The average molecular weight is 277 g/mol. The quantitative estimate of drug-likeness (QED) is 0.451. The molecule has 0 amide bonds. The topological polar surface area (TPSA) is 113 Å². The number of aromatic nitrogens is 4. The maximum Gasteiger partial charge on any atom is 0.329 e. The molecule has 0 bridgehead atoms. The molecule has 20 heavy (non-hydrogen) atoms. The number of nitro groups is 1. The van der Waals surface area contributed by atoms with E-state index in [1.165, 1.54) is 24.3 Å². The smallest absolute Gasteiger partial charge is 0.329 e. The van der Waals surface area contributed by atoms with E-state index >= 15 is 0 Å². The number of rotatable bonds is 5. The molecule has 1 aromatic heterocycles. The van der Waals surface area contributed by atoms with Crippen molar-refractivity contribution in [3.63, 3.8) is 0 Å². The van der Waals surface area contributed by atoms with Crippen molar-refractivity contribution in [2.75, 3.05) is 6.61 Å². The van der Waals surface area contributed by atoms with E-state index < -0.39 is 10.9 Å².